The normalized spacial score (nSPS) is 13.9. The predicted molar refractivity (Wildman–Crippen MR) is 129 cm³/mol. The summed E-state index contributed by atoms with van der Waals surface area (Å²) in [4.78, 5) is 28.8. The summed E-state index contributed by atoms with van der Waals surface area (Å²) in [6.07, 6.45) is 0. The minimum Gasteiger partial charge on any atom is -0.368 e. The first-order chi connectivity index (χ1) is 16.0. The lowest BCUT2D eigenvalue weighted by Crippen LogP contribution is -2.49. The standard InChI is InChI=1S/C23H27N7O2S/c1-17(2)22(32)29-14-12-28(13-15-29)19-10-8-18(9-11-19)24-21(31)16-33-23-25-26-27-30(23)20-6-4-3-5-7-20/h3-11,17H,12-16H2,1-2H3,(H,24,31). The van der Waals surface area contributed by atoms with Gasteiger partial charge in [-0.05, 0) is 46.8 Å². The third-order valence-corrected chi connectivity index (χ3v) is 6.29. The van der Waals surface area contributed by atoms with E-state index in [2.05, 4.69) is 25.7 Å². The molecule has 0 aliphatic carbocycles. The average molecular weight is 466 g/mol. The molecule has 10 heteroatoms. The largest absolute Gasteiger partial charge is 0.368 e. The maximum Gasteiger partial charge on any atom is 0.234 e. The van der Waals surface area contributed by atoms with Crippen LogP contribution >= 0.6 is 11.8 Å². The number of thioether (sulfide) groups is 1. The molecule has 0 radical (unpaired) electrons. The third-order valence-electron chi connectivity index (χ3n) is 5.38. The van der Waals surface area contributed by atoms with Crippen molar-refractivity contribution < 1.29 is 9.59 Å². The van der Waals surface area contributed by atoms with Crippen LogP contribution in [0.15, 0.2) is 59.8 Å². The summed E-state index contributed by atoms with van der Waals surface area (Å²) in [7, 11) is 0. The summed E-state index contributed by atoms with van der Waals surface area (Å²) >= 11 is 1.28. The van der Waals surface area contributed by atoms with Gasteiger partial charge in [-0.25, -0.2) is 0 Å². The zero-order chi connectivity index (χ0) is 23.2. The van der Waals surface area contributed by atoms with Crippen molar-refractivity contribution in [2.45, 2.75) is 19.0 Å². The van der Waals surface area contributed by atoms with Crippen molar-refractivity contribution in [3.8, 4) is 5.69 Å². The lowest BCUT2D eigenvalue weighted by molar-refractivity contribution is -0.134. The molecule has 9 nitrogen and oxygen atoms in total. The Kier molecular flexibility index (Phi) is 7.23. The van der Waals surface area contributed by atoms with Gasteiger partial charge in [-0.1, -0.05) is 43.8 Å². The molecule has 4 rings (SSSR count). The zero-order valence-electron chi connectivity index (χ0n) is 18.7. The molecule has 1 aliphatic rings. The van der Waals surface area contributed by atoms with Crippen LogP contribution in [0.3, 0.4) is 0 Å². The number of carbonyl (C=O) groups is 2. The Labute approximate surface area is 197 Å². The van der Waals surface area contributed by atoms with Crippen LogP contribution in [-0.4, -0.2) is 68.9 Å². The van der Waals surface area contributed by atoms with Crippen LogP contribution < -0.4 is 10.2 Å². The Balaban J connectivity index is 1.27. The molecule has 1 aliphatic heterocycles. The van der Waals surface area contributed by atoms with Crippen molar-refractivity contribution in [1.29, 1.82) is 0 Å². The smallest absolute Gasteiger partial charge is 0.234 e. The molecule has 3 aromatic rings. The molecule has 1 fully saturated rings. The van der Waals surface area contributed by atoms with Crippen molar-refractivity contribution >= 4 is 35.0 Å². The number of carbonyl (C=O) groups excluding carboxylic acids is 2. The van der Waals surface area contributed by atoms with Crippen molar-refractivity contribution in [2.24, 2.45) is 5.92 Å². The number of benzene rings is 2. The van der Waals surface area contributed by atoms with Crippen LogP contribution in [0.4, 0.5) is 11.4 Å². The van der Waals surface area contributed by atoms with Gasteiger partial charge in [-0.3, -0.25) is 9.59 Å². The number of hydrogen-bond donors (Lipinski definition) is 1. The molecular formula is C23H27N7O2S. The molecule has 0 saturated carbocycles. The van der Waals surface area contributed by atoms with E-state index in [0.717, 1.165) is 43.2 Å². The van der Waals surface area contributed by atoms with E-state index in [-0.39, 0.29) is 23.5 Å². The monoisotopic (exact) mass is 465 g/mol. The fourth-order valence-electron chi connectivity index (χ4n) is 3.63. The van der Waals surface area contributed by atoms with E-state index >= 15 is 0 Å². The maximum atomic E-state index is 12.4. The second-order valence-electron chi connectivity index (χ2n) is 8.06. The SMILES string of the molecule is CC(C)C(=O)N1CCN(c2ccc(NC(=O)CSc3nnnn3-c3ccccc3)cc2)CC1. The van der Waals surface area contributed by atoms with E-state index in [4.69, 9.17) is 0 Å². The van der Waals surface area contributed by atoms with E-state index in [0.29, 0.717) is 5.16 Å². The topological polar surface area (TPSA) is 96.2 Å². The van der Waals surface area contributed by atoms with E-state index in [1.54, 1.807) is 4.68 Å². The summed E-state index contributed by atoms with van der Waals surface area (Å²) in [5, 5.41) is 15.2. The van der Waals surface area contributed by atoms with E-state index in [9.17, 15) is 9.59 Å². The van der Waals surface area contributed by atoms with Crippen LogP contribution in [-0.2, 0) is 9.59 Å². The number of tetrazole rings is 1. The first-order valence-corrected chi connectivity index (χ1v) is 11.9. The first kappa shape index (κ1) is 22.8. The van der Waals surface area contributed by atoms with Crippen molar-refractivity contribution in [2.75, 3.05) is 42.1 Å². The number of para-hydroxylation sites is 1. The van der Waals surface area contributed by atoms with Gasteiger partial charge in [0.05, 0.1) is 11.4 Å². The predicted octanol–water partition coefficient (Wildman–Crippen LogP) is 2.70. The minimum atomic E-state index is -0.129. The highest BCUT2D eigenvalue weighted by Gasteiger charge is 2.23. The molecule has 172 valence electrons. The molecule has 0 spiro atoms. The van der Waals surface area contributed by atoms with Gasteiger partial charge in [0.15, 0.2) is 0 Å². The number of aromatic nitrogens is 4. The van der Waals surface area contributed by atoms with E-state index in [1.165, 1.54) is 11.8 Å². The lowest BCUT2D eigenvalue weighted by Gasteiger charge is -2.37. The van der Waals surface area contributed by atoms with Crippen LogP contribution in [0.1, 0.15) is 13.8 Å². The maximum absolute atomic E-state index is 12.4. The molecule has 0 unspecified atom stereocenters. The zero-order valence-corrected chi connectivity index (χ0v) is 19.5. The second-order valence-corrected chi connectivity index (χ2v) is 9.00. The molecular weight excluding hydrogens is 438 g/mol. The second kappa shape index (κ2) is 10.5. The Morgan fingerprint density at radius 1 is 0.970 bits per heavy atom. The van der Waals surface area contributed by atoms with Gasteiger partial charge in [0.2, 0.25) is 17.0 Å². The van der Waals surface area contributed by atoms with Crippen LogP contribution in [0.25, 0.3) is 5.69 Å². The third kappa shape index (κ3) is 5.70. The van der Waals surface area contributed by atoms with E-state index in [1.807, 2.05) is 73.3 Å². The van der Waals surface area contributed by atoms with Crippen LogP contribution in [0.5, 0.6) is 0 Å². The molecule has 1 saturated heterocycles. The van der Waals surface area contributed by atoms with Gasteiger partial charge in [0.1, 0.15) is 0 Å². The van der Waals surface area contributed by atoms with Gasteiger partial charge in [-0.2, -0.15) is 4.68 Å². The first-order valence-electron chi connectivity index (χ1n) is 10.9. The fourth-order valence-corrected chi connectivity index (χ4v) is 4.32. The Bertz CT molecular complexity index is 1080. The van der Waals surface area contributed by atoms with Crippen molar-refractivity contribution in [3.05, 3.63) is 54.6 Å². The molecule has 2 heterocycles. The fraction of sp³-hybridized carbons (Fsp3) is 0.348. The highest BCUT2D eigenvalue weighted by molar-refractivity contribution is 7.99. The van der Waals surface area contributed by atoms with Crippen molar-refractivity contribution in [3.63, 3.8) is 0 Å². The summed E-state index contributed by atoms with van der Waals surface area (Å²) in [6.45, 7) is 6.94. The van der Waals surface area contributed by atoms with Gasteiger partial charge >= 0.3 is 0 Å². The number of nitrogens with zero attached hydrogens (tertiary/aromatic N) is 6. The van der Waals surface area contributed by atoms with Gasteiger partial charge in [0.25, 0.3) is 0 Å². The molecule has 1 N–H and O–H groups in total. The number of nitrogens with one attached hydrogen (secondary N) is 1. The molecule has 0 bridgehead atoms. The van der Waals surface area contributed by atoms with E-state index < -0.39 is 0 Å². The Morgan fingerprint density at radius 3 is 2.33 bits per heavy atom. The van der Waals surface area contributed by atoms with Gasteiger partial charge in [0, 0.05) is 43.5 Å². The lowest BCUT2D eigenvalue weighted by atomic mass is 10.1. The quantitative estimate of drug-likeness (QED) is 0.536. The van der Waals surface area contributed by atoms with Gasteiger partial charge in [-0.15, -0.1) is 5.10 Å². The van der Waals surface area contributed by atoms with Gasteiger partial charge < -0.3 is 15.1 Å². The Hall–Kier alpha value is -3.40. The summed E-state index contributed by atoms with van der Waals surface area (Å²) in [5.74, 6) is 0.309. The summed E-state index contributed by atoms with van der Waals surface area (Å²) < 4.78 is 1.61. The molecule has 0 atom stereocenters. The highest BCUT2D eigenvalue weighted by atomic mass is 32.2. The number of amides is 2. The molecule has 2 amide bonds. The van der Waals surface area contributed by atoms with Crippen LogP contribution in [0.2, 0.25) is 0 Å². The minimum absolute atomic E-state index is 0.0311. The number of rotatable bonds is 7. The highest BCUT2D eigenvalue weighted by Crippen LogP contribution is 2.21. The van der Waals surface area contributed by atoms with Crippen molar-refractivity contribution in [1.82, 2.24) is 25.1 Å². The van der Waals surface area contributed by atoms with Crippen LogP contribution in [0, 0.1) is 5.92 Å². The number of piperazine rings is 1. The molecule has 1 aromatic heterocycles. The molecule has 33 heavy (non-hydrogen) atoms. The summed E-state index contributed by atoms with van der Waals surface area (Å²) in [6, 6.07) is 17.4. The summed E-state index contributed by atoms with van der Waals surface area (Å²) in [5.41, 5.74) is 2.66. The number of hydrogen-bond acceptors (Lipinski definition) is 7. The average Bonchev–Trinajstić information content (AvgIpc) is 3.32. The molecule has 2 aromatic carbocycles. The Morgan fingerprint density at radius 2 is 1.67 bits per heavy atom. The number of anilines is 2.